The van der Waals surface area contributed by atoms with Crippen molar-refractivity contribution in [1.82, 2.24) is 9.36 Å². The van der Waals surface area contributed by atoms with E-state index >= 15 is 0 Å². The predicted molar refractivity (Wildman–Crippen MR) is 98.4 cm³/mol. The number of hydrogen-bond donors (Lipinski definition) is 1. The van der Waals surface area contributed by atoms with Gasteiger partial charge in [0.05, 0.1) is 12.2 Å². The summed E-state index contributed by atoms with van der Waals surface area (Å²) in [6.45, 7) is 3.72. The van der Waals surface area contributed by atoms with Crippen molar-refractivity contribution in [2.75, 3.05) is 22.5 Å². The number of carbonyl (C=O) groups excluding carboxylic acids is 2. The first kappa shape index (κ1) is 17.7. The standard InChI is InChI=1S/C16H18N4O3S2/c1-3-8-24-16-18-15(25-19-16)17-14(22)13-9-20(10(2)21)11-6-4-5-7-12(11)23-13/h4-7,13H,3,8-9H2,1-2H3,(H,17,18,19,22). The summed E-state index contributed by atoms with van der Waals surface area (Å²) in [6.07, 6.45) is 0.233. The van der Waals surface area contributed by atoms with Gasteiger partial charge in [-0.05, 0) is 18.6 Å². The fraction of sp³-hybridized carbons (Fsp3) is 0.375. The minimum absolute atomic E-state index is 0.136. The zero-order valence-electron chi connectivity index (χ0n) is 13.9. The highest BCUT2D eigenvalue weighted by Gasteiger charge is 2.32. The van der Waals surface area contributed by atoms with Crippen LogP contribution in [0.5, 0.6) is 5.75 Å². The molecule has 1 aliphatic rings. The lowest BCUT2D eigenvalue weighted by Crippen LogP contribution is -2.48. The quantitative estimate of drug-likeness (QED) is 0.806. The van der Waals surface area contributed by atoms with E-state index in [1.807, 2.05) is 6.07 Å². The van der Waals surface area contributed by atoms with E-state index in [0.717, 1.165) is 23.7 Å². The summed E-state index contributed by atoms with van der Waals surface area (Å²) in [5.41, 5.74) is 0.674. The normalized spacial score (nSPS) is 16.1. The van der Waals surface area contributed by atoms with Crippen LogP contribution in [0.2, 0.25) is 0 Å². The largest absolute Gasteiger partial charge is 0.476 e. The first-order valence-corrected chi connectivity index (χ1v) is 9.65. The van der Waals surface area contributed by atoms with E-state index in [0.29, 0.717) is 21.7 Å². The van der Waals surface area contributed by atoms with E-state index in [4.69, 9.17) is 4.74 Å². The number of carbonyl (C=O) groups is 2. The number of benzene rings is 1. The molecule has 1 aliphatic heterocycles. The summed E-state index contributed by atoms with van der Waals surface area (Å²) in [7, 11) is 0. The Hall–Kier alpha value is -2.13. The molecule has 0 saturated heterocycles. The van der Waals surface area contributed by atoms with E-state index in [2.05, 4.69) is 21.6 Å². The third-order valence-electron chi connectivity index (χ3n) is 3.52. The molecule has 3 rings (SSSR count). The van der Waals surface area contributed by atoms with Gasteiger partial charge in [0.1, 0.15) is 5.75 Å². The molecule has 0 aliphatic carbocycles. The number of fused-ring (bicyclic) bond motifs is 1. The van der Waals surface area contributed by atoms with Gasteiger partial charge in [0.2, 0.25) is 16.2 Å². The van der Waals surface area contributed by atoms with E-state index in [-0.39, 0.29) is 18.4 Å². The number of aromatic nitrogens is 2. The molecule has 1 atom stereocenters. The maximum Gasteiger partial charge on any atom is 0.269 e. The summed E-state index contributed by atoms with van der Waals surface area (Å²) < 4.78 is 9.97. The van der Waals surface area contributed by atoms with Gasteiger partial charge in [0.15, 0.2) is 6.10 Å². The summed E-state index contributed by atoms with van der Waals surface area (Å²) in [5, 5.41) is 3.81. The highest BCUT2D eigenvalue weighted by Crippen LogP contribution is 2.33. The zero-order chi connectivity index (χ0) is 17.8. The van der Waals surface area contributed by atoms with Gasteiger partial charge in [0.25, 0.3) is 5.91 Å². The van der Waals surface area contributed by atoms with Crippen LogP contribution in [0.25, 0.3) is 0 Å². The number of amides is 2. The Kier molecular flexibility index (Phi) is 5.54. The Morgan fingerprint density at radius 1 is 1.44 bits per heavy atom. The highest BCUT2D eigenvalue weighted by atomic mass is 32.2. The number of nitrogens with zero attached hydrogens (tertiary/aromatic N) is 3. The molecule has 2 heterocycles. The lowest BCUT2D eigenvalue weighted by molar-refractivity contribution is -0.123. The van der Waals surface area contributed by atoms with Crippen molar-refractivity contribution >= 4 is 45.9 Å². The molecule has 2 aromatic rings. The van der Waals surface area contributed by atoms with E-state index in [1.54, 1.807) is 34.9 Å². The van der Waals surface area contributed by atoms with Crippen molar-refractivity contribution in [2.45, 2.75) is 31.5 Å². The van der Waals surface area contributed by atoms with Crippen LogP contribution in [-0.4, -0.2) is 39.6 Å². The van der Waals surface area contributed by atoms with E-state index < -0.39 is 6.10 Å². The zero-order valence-corrected chi connectivity index (χ0v) is 15.5. The summed E-state index contributed by atoms with van der Waals surface area (Å²) in [4.78, 5) is 30.3. The van der Waals surface area contributed by atoms with Gasteiger partial charge in [-0.1, -0.05) is 30.8 Å². The van der Waals surface area contributed by atoms with Gasteiger partial charge >= 0.3 is 0 Å². The first-order valence-electron chi connectivity index (χ1n) is 7.89. The van der Waals surface area contributed by atoms with E-state index in [1.165, 1.54) is 6.92 Å². The van der Waals surface area contributed by atoms with Gasteiger partial charge < -0.3 is 9.64 Å². The van der Waals surface area contributed by atoms with Crippen LogP contribution in [-0.2, 0) is 9.59 Å². The van der Waals surface area contributed by atoms with Crippen LogP contribution in [0, 0.1) is 0 Å². The molecule has 1 unspecified atom stereocenters. The Morgan fingerprint density at radius 3 is 3.00 bits per heavy atom. The maximum absolute atomic E-state index is 12.5. The molecule has 2 amide bonds. The molecule has 0 bridgehead atoms. The fourth-order valence-corrected chi connectivity index (χ4v) is 3.77. The van der Waals surface area contributed by atoms with Crippen LogP contribution in [0.15, 0.2) is 29.4 Å². The Morgan fingerprint density at radius 2 is 2.24 bits per heavy atom. The first-order chi connectivity index (χ1) is 12.1. The monoisotopic (exact) mass is 378 g/mol. The molecule has 1 aromatic heterocycles. The molecule has 132 valence electrons. The maximum atomic E-state index is 12.5. The number of hydrogen-bond acceptors (Lipinski definition) is 7. The average molecular weight is 378 g/mol. The topological polar surface area (TPSA) is 84.4 Å². The Bertz CT molecular complexity index is 780. The molecule has 0 saturated carbocycles. The summed E-state index contributed by atoms with van der Waals surface area (Å²) in [5.74, 6) is 0.965. The fourth-order valence-electron chi connectivity index (χ4n) is 2.37. The second-order valence-electron chi connectivity index (χ2n) is 5.42. The minimum atomic E-state index is -0.797. The molecule has 9 heteroatoms. The Balaban J connectivity index is 1.70. The molecule has 1 N–H and O–H groups in total. The van der Waals surface area contributed by atoms with Crippen molar-refractivity contribution in [1.29, 1.82) is 0 Å². The number of anilines is 2. The van der Waals surface area contributed by atoms with Crippen molar-refractivity contribution in [3.05, 3.63) is 24.3 Å². The smallest absolute Gasteiger partial charge is 0.269 e. The predicted octanol–water partition coefficient (Wildman–Crippen LogP) is 2.79. The summed E-state index contributed by atoms with van der Waals surface area (Å²) in [6, 6.07) is 7.18. The number of rotatable bonds is 5. The van der Waals surface area contributed by atoms with Crippen molar-refractivity contribution in [3.63, 3.8) is 0 Å². The molecular formula is C16H18N4O3S2. The van der Waals surface area contributed by atoms with Crippen molar-refractivity contribution < 1.29 is 14.3 Å². The molecule has 0 radical (unpaired) electrons. The Labute approximate surface area is 153 Å². The molecule has 1 aromatic carbocycles. The lowest BCUT2D eigenvalue weighted by Gasteiger charge is -2.33. The molecule has 7 nitrogen and oxygen atoms in total. The third-order valence-corrected chi connectivity index (χ3v) is 5.32. The van der Waals surface area contributed by atoms with E-state index in [9.17, 15) is 9.59 Å². The van der Waals surface area contributed by atoms with Gasteiger partial charge in [0, 0.05) is 24.2 Å². The number of ether oxygens (including phenoxy) is 1. The van der Waals surface area contributed by atoms with Crippen molar-refractivity contribution in [2.24, 2.45) is 0 Å². The SMILES string of the molecule is CCCSc1nsc(NC(=O)C2CN(C(C)=O)c3ccccc3O2)n1. The second kappa shape index (κ2) is 7.83. The van der Waals surface area contributed by atoms with Gasteiger partial charge in [-0.2, -0.15) is 9.36 Å². The minimum Gasteiger partial charge on any atom is -0.476 e. The van der Waals surface area contributed by atoms with Crippen LogP contribution in [0.1, 0.15) is 20.3 Å². The molecule has 25 heavy (non-hydrogen) atoms. The summed E-state index contributed by atoms with van der Waals surface area (Å²) >= 11 is 2.69. The second-order valence-corrected chi connectivity index (χ2v) is 7.24. The van der Waals surface area contributed by atoms with Gasteiger partial charge in [-0.15, -0.1) is 0 Å². The van der Waals surface area contributed by atoms with Crippen LogP contribution in [0.3, 0.4) is 0 Å². The van der Waals surface area contributed by atoms with Crippen LogP contribution < -0.4 is 15.0 Å². The number of thioether (sulfide) groups is 1. The van der Waals surface area contributed by atoms with Crippen LogP contribution >= 0.6 is 23.3 Å². The highest BCUT2D eigenvalue weighted by molar-refractivity contribution is 7.99. The molecular weight excluding hydrogens is 360 g/mol. The third kappa shape index (κ3) is 4.10. The number of para-hydroxylation sites is 2. The van der Waals surface area contributed by atoms with Crippen LogP contribution in [0.4, 0.5) is 10.8 Å². The van der Waals surface area contributed by atoms with Crippen molar-refractivity contribution in [3.8, 4) is 5.75 Å². The average Bonchev–Trinajstić information content (AvgIpc) is 3.06. The molecule has 0 spiro atoms. The number of nitrogens with one attached hydrogen (secondary N) is 1. The lowest BCUT2D eigenvalue weighted by atomic mass is 10.2. The van der Waals surface area contributed by atoms with Gasteiger partial charge in [-0.3, -0.25) is 14.9 Å². The molecule has 0 fully saturated rings. The van der Waals surface area contributed by atoms with Gasteiger partial charge in [-0.25, -0.2) is 0 Å².